The summed E-state index contributed by atoms with van der Waals surface area (Å²) in [5.41, 5.74) is 0.888. The van der Waals surface area contributed by atoms with Crippen molar-refractivity contribution in [2.45, 2.75) is 19.6 Å². The Morgan fingerprint density at radius 1 is 1.27 bits per heavy atom. The molecule has 0 radical (unpaired) electrons. The topological polar surface area (TPSA) is 102 Å². The number of nitrogens with one attached hydrogen (secondary N) is 1. The predicted octanol–water partition coefficient (Wildman–Crippen LogP) is 3.46. The molecule has 1 unspecified atom stereocenters. The fraction of sp³-hybridized carbons (Fsp3) is 0.286. The summed E-state index contributed by atoms with van der Waals surface area (Å²) in [5.74, 6) is -0.381. The highest BCUT2D eigenvalue weighted by Crippen LogP contribution is 2.28. The van der Waals surface area contributed by atoms with Crippen LogP contribution in [-0.2, 0) is 4.74 Å². The first-order valence-corrected chi connectivity index (χ1v) is 9.96. The quantitative estimate of drug-likeness (QED) is 0.531. The summed E-state index contributed by atoms with van der Waals surface area (Å²) >= 11 is 0. The number of alkyl halides is 2. The molecule has 4 rings (SSSR count). The molecular weight excluding hydrogens is 441 g/mol. The van der Waals surface area contributed by atoms with E-state index in [0.717, 1.165) is 6.20 Å². The number of carbonyl (C=O) groups is 1. The first-order valence-electron chi connectivity index (χ1n) is 9.96. The van der Waals surface area contributed by atoms with Crippen molar-refractivity contribution in [3.63, 3.8) is 0 Å². The molecule has 0 spiro atoms. The summed E-state index contributed by atoms with van der Waals surface area (Å²) in [6.45, 7) is 0.582. The molecular formula is C21H19F3N6O3. The molecule has 2 aromatic heterocycles. The van der Waals surface area contributed by atoms with Crippen LogP contribution in [0.25, 0.3) is 11.1 Å². The number of nitrogens with zero attached hydrogens (tertiary/aromatic N) is 5. The molecule has 1 aliphatic heterocycles. The molecule has 1 aliphatic rings. The predicted molar refractivity (Wildman–Crippen MR) is 112 cm³/mol. The lowest BCUT2D eigenvalue weighted by Crippen LogP contribution is -2.44. The largest absolute Gasteiger partial charge is 0.435 e. The van der Waals surface area contributed by atoms with Crippen LogP contribution < -0.4 is 15.0 Å². The van der Waals surface area contributed by atoms with E-state index in [4.69, 9.17) is 4.74 Å². The molecule has 1 fully saturated rings. The van der Waals surface area contributed by atoms with Crippen molar-refractivity contribution in [3.8, 4) is 16.9 Å². The fourth-order valence-electron chi connectivity index (χ4n) is 3.33. The van der Waals surface area contributed by atoms with E-state index in [1.807, 2.05) is 11.8 Å². The van der Waals surface area contributed by atoms with E-state index in [9.17, 15) is 18.0 Å². The van der Waals surface area contributed by atoms with E-state index in [2.05, 4.69) is 30.2 Å². The van der Waals surface area contributed by atoms with Crippen molar-refractivity contribution < 1.29 is 27.4 Å². The third-order valence-electron chi connectivity index (χ3n) is 4.93. The van der Waals surface area contributed by atoms with E-state index in [0.29, 0.717) is 43.1 Å². The van der Waals surface area contributed by atoms with Crippen LogP contribution >= 0.6 is 0 Å². The van der Waals surface area contributed by atoms with Crippen LogP contribution in [0.4, 0.5) is 30.8 Å². The molecule has 1 N–H and O–H groups in total. The molecule has 0 bridgehead atoms. The van der Waals surface area contributed by atoms with Crippen LogP contribution in [0.3, 0.4) is 0 Å². The molecule has 172 valence electrons. The molecule has 0 amide bonds. The zero-order valence-electron chi connectivity index (χ0n) is 17.4. The molecule has 9 nitrogen and oxygen atoms in total. The van der Waals surface area contributed by atoms with E-state index < -0.39 is 12.4 Å². The molecule has 3 heterocycles. The maximum absolute atomic E-state index is 14.4. The monoisotopic (exact) mass is 460 g/mol. The van der Waals surface area contributed by atoms with Gasteiger partial charge in [0.25, 0.3) is 0 Å². The zero-order valence-corrected chi connectivity index (χ0v) is 17.4. The molecule has 3 aromatic rings. The van der Waals surface area contributed by atoms with E-state index in [-0.39, 0.29) is 29.1 Å². The van der Waals surface area contributed by atoms with Gasteiger partial charge in [0.1, 0.15) is 11.4 Å². The Morgan fingerprint density at radius 3 is 2.76 bits per heavy atom. The van der Waals surface area contributed by atoms with Crippen LogP contribution in [0, 0.1) is 5.82 Å². The highest BCUT2D eigenvalue weighted by molar-refractivity contribution is 5.86. The number of ether oxygens (including phenoxy) is 2. The van der Waals surface area contributed by atoms with Gasteiger partial charge in [-0.05, 0) is 30.7 Å². The Kier molecular flexibility index (Phi) is 6.63. The average Bonchev–Trinajstić information content (AvgIpc) is 2.81. The zero-order chi connectivity index (χ0) is 23.4. The molecule has 1 saturated heterocycles. The third kappa shape index (κ3) is 5.17. The first kappa shape index (κ1) is 22.4. The smallest absolute Gasteiger partial charge is 0.387 e. The number of aromatic nitrogens is 4. The average molecular weight is 460 g/mol. The van der Waals surface area contributed by atoms with Gasteiger partial charge in [0, 0.05) is 12.1 Å². The highest BCUT2D eigenvalue weighted by atomic mass is 19.3. The van der Waals surface area contributed by atoms with Gasteiger partial charge < -0.3 is 19.7 Å². The van der Waals surface area contributed by atoms with Crippen molar-refractivity contribution in [1.82, 2.24) is 20.2 Å². The number of halogens is 3. The number of morpholine rings is 1. The number of anilines is 3. The lowest BCUT2D eigenvalue weighted by Gasteiger charge is -2.33. The minimum absolute atomic E-state index is 0.0207. The van der Waals surface area contributed by atoms with Crippen LogP contribution in [0.5, 0.6) is 5.75 Å². The van der Waals surface area contributed by atoms with Crippen LogP contribution in [0.1, 0.15) is 17.4 Å². The van der Waals surface area contributed by atoms with Gasteiger partial charge in [0.05, 0.1) is 25.5 Å². The van der Waals surface area contributed by atoms with Crippen molar-refractivity contribution in [2.24, 2.45) is 0 Å². The fourth-order valence-corrected chi connectivity index (χ4v) is 3.33. The van der Waals surface area contributed by atoms with Crippen LogP contribution in [0.2, 0.25) is 0 Å². The number of hydrogen-bond donors (Lipinski definition) is 1. The number of rotatable bonds is 7. The summed E-state index contributed by atoms with van der Waals surface area (Å²) in [7, 11) is 0. The van der Waals surface area contributed by atoms with E-state index >= 15 is 0 Å². The Hall–Kier alpha value is -3.80. The minimum Gasteiger partial charge on any atom is -0.435 e. The molecule has 0 aliphatic carbocycles. The van der Waals surface area contributed by atoms with Gasteiger partial charge in [-0.25, -0.2) is 9.37 Å². The number of benzene rings is 1. The standard InChI is InChI=1S/C21H19F3N6O3/c1-12-11-32-7-6-30(12)21-25-9-16(22)19(27-21)26-18-8-15(17(10-31)28-29-18)13-2-4-14(5-3-13)33-20(23)24/h2-5,8-10,12,20H,6-7,11H2,1H3,(H,25,26,27,29). The van der Waals surface area contributed by atoms with Gasteiger partial charge in [-0.3, -0.25) is 4.79 Å². The SMILES string of the molecule is CC1COCCN1c1ncc(F)c(Nc2cc(-c3ccc(OC(F)F)cc3)c(C=O)nn2)n1. The maximum atomic E-state index is 14.4. The minimum atomic E-state index is -2.95. The van der Waals surface area contributed by atoms with Crippen molar-refractivity contribution in [2.75, 3.05) is 30.0 Å². The van der Waals surface area contributed by atoms with Gasteiger partial charge >= 0.3 is 6.61 Å². The lowest BCUT2D eigenvalue weighted by molar-refractivity contribution is -0.0498. The Balaban J connectivity index is 1.62. The normalized spacial score (nSPS) is 16.0. The molecule has 1 aromatic carbocycles. The number of carbonyl (C=O) groups excluding carboxylic acids is 1. The second-order valence-corrected chi connectivity index (χ2v) is 7.16. The summed E-state index contributed by atoms with van der Waals surface area (Å²) < 4.78 is 48.9. The van der Waals surface area contributed by atoms with Crippen molar-refractivity contribution >= 4 is 23.9 Å². The molecule has 33 heavy (non-hydrogen) atoms. The van der Waals surface area contributed by atoms with Crippen LogP contribution in [-0.4, -0.2) is 58.9 Å². The van der Waals surface area contributed by atoms with Gasteiger partial charge in [0.2, 0.25) is 5.95 Å². The molecule has 1 atom stereocenters. The molecule has 0 saturated carbocycles. The van der Waals surface area contributed by atoms with Gasteiger partial charge in [0.15, 0.2) is 23.7 Å². The van der Waals surface area contributed by atoms with Gasteiger partial charge in [-0.2, -0.15) is 13.8 Å². The maximum Gasteiger partial charge on any atom is 0.387 e. The second-order valence-electron chi connectivity index (χ2n) is 7.16. The van der Waals surface area contributed by atoms with Gasteiger partial charge in [-0.15, -0.1) is 10.2 Å². The van der Waals surface area contributed by atoms with Crippen molar-refractivity contribution in [1.29, 1.82) is 0 Å². The van der Waals surface area contributed by atoms with Crippen LogP contribution in [0.15, 0.2) is 36.5 Å². The van der Waals surface area contributed by atoms with Gasteiger partial charge in [-0.1, -0.05) is 12.1 Å². The first-order chi connectivity index (χ1) is 15.9. The summed E-state index contributed by atoms with van der Waals surface area (Å²) in [4.78, 5) is 21.7. The van der Waals surface area contributed by atoms with E-state index in [1.165, 1.54) is 30.3 Å². The van der Waals surface area contributed by atoms with E-state index in [1.54, 1.807) is 0 Å². The number of hydrogen-bond acceptors (Lipinski definition) is 9. The van der Waals surface area contributed by atoms with Crippen molar-refractivity contribution in [3.05, 3.63) is 48.0 Å². The second kappa shape index (κ2) is 9.77. The summed E-state index contributed by atoms with van der Waals surface area (Å²) in [6.07, 6.45) is 1.57. The Morgan fingerprint density at radius 2 is 2.06 bits per heavy atom. The Bertz CT molecular complexity index is 1130. The number of aldehydes is 1. The third-order valence-corrected chi connectivity index (χ3v) is 4.93. The molecule has 12 heteroatoms. The summed E-state index contributed by atoms with van der Waals surface area (Å²) in [5, 5.41) is 10.5. The lowest BCUT2D eigenvalue weighted by atomic mass is 10.0. The highest BCUT2D eigenvalue weighted by Gasteiger charge is 2.23. The summed E-state index contributed by atoms with van der Waals surface area (Å²) in [6, 6.07) is 7.17. The Labute approximate surface area is 186 Å².